The van der Waals surface area contributed by atoms with Crippen LogP contribution in [-0.4, -0.2) is 37.5 Å². The molecule has 1 aliphatic rings. The van der Waals surface area contributed by atoms with Crippen molar-refractivity contribution in [2.45, 2.75) is 32.2 Å². The second-order valence-electron chi connectivity index (χ2n) is 5.19. The summed E-state index contributed by atoms with van der Waals surface area (Å²) in [4.78, 5) is 30.1. The summed E-state index contributed by atoms with van der Waals surface area (Å²) in [6, 6.07) is 1.22. The maximum Gasteiger partial charge on any atom is 0.283 e. The topological polar surface area (TPSA) is 105 Å². The zero-order chi connectivity index (χ0) is 15.7. The molecule has 1 unspecified atom stereocenters. The summed E-state index contributed by atoms with van der Waals surface area (Å²) in [6.45, 7) is 2.28. The molecule has 2 aromatic heterocycles. The molecule has 8 nitrogen and oxygen atoms in total. The number of piperidine rings is 1. The largest absolute Gasteiger partial charge is 0.328 e. The molecule has 1 aliphatic heterocycles. The van der Waals surface area contributed by atoms with E-state index in [1.54, 1.807) is 11.8 Å². The molecule has 0 bridgehead atoms. The average molecular weight is 321 g/mol. The Hall–Kier alpha value is -2.29. The Labute approximate surface area is 130 Å². The van der Waals surface area contributed by atoms with E-state index in [1.807, 2.05) is 0 Å². The number of carbonyl (C=O) groups is 1. The van der Waals surface area contributed by atoms with Crippen LogP contribution in [0.5, 0.6) is 0 Å². The maximum absolute atomic E-state index is 12.7. The van der Waals surface area contributed by atoms with Crippen molar-refractivity contribution in [1.29, 1.82) is 0 Å². The SMILES string of the molecule is Cc1sc(C(=O)N2CCCCC2c2ncn[nH]2)cc1[N+](=O)[O-]. The maximum atomic E-state index is 12.7. The summed E-state index contributed by atoms with van der Waals surface area (Å²) in [7, 11) is 0. The predicted molar refractivity (Wildman–Crippen MR) is 79.7 cm³/mol. The van der Waals surface area contributed by atoms with Gasteiger partial charge in [-0.1, -0.05) is 0 Å². The van der Waals surface area contributed by atoms with Gasteiger partial charge in [-0.25, -0.2) is 4.98 Å². The quantitative estimate of drug-likeness (QED) is 0.690. The molecule has 2 aromatic rings. The van der Waals surface area contributed by atoms with E-state index in [1.165, 1.54) is 12.4 Å². The molecule has 1 fully saturated rings. The molecule has 0 saturated carbocycles. The molecule has 0 radical (unpaired) electrons. The number of rotatable bonds is 3. The van der Waals surface area contributed by atoms with Gasteiger partial charge in [0.05, 0.1) is 20.7 Å². The molecule has 0 aliphatic carbocycles. The molecular formula is C13H15N5O3S. The number of amides is 1. The summed E-state index contributed by atoms with van der Waals surface area (Å²) in [6.07, 6.45) is 4.17. The molecular weight excluding hydrogens is 306 g/mol. The van der Waals surface area contributed by atoms with E-state index in [-0.39, 0.29) is 17.6 Å². The van der Waals surface area contributed by atoms with Gasteiger partial charge in [-0.3, -0.25) is 20.0 Å². The third kappa shape index (κ3) is 2.59. The first kappa shape index (κ1) is 14.6. The van der Waals surface area contributed by atoms with Crippen molar-refractivity contribution in [1.82, 2.24) is 20.1 Å². The number of aromatic amines is 1. The van der Waals surface area contributed by atoms with Crippen molar-refractivity contribution in [3.05, 3.63) is 38.1 Å². The molecule has 1 atom stereocenters. The van der Waals surface area contributed by atoms with Gasteiger partial charge in [-0.05, 0) is 26.2 Å². The van der Waals surface area contributed by atoms with Gasteiger partial charge in [0.2, 0.25) is 0 Å². The summed E-state index contributed by atoms with van der Waals surface area (Å²) < 4.78 is 0. The van der Waals surface area contributed by atoms with E-state index >= 15 is 0 Å². The highest BCUT2D eigenvalue weighted by atomic mass is 32.1. The first-order valence-electron chi connectivity index (χ1n) is 6.99. The van der Waals surface area contributed by atoms with E-state index in [9.17, 15) is 14.9 Å². The molecule has 3 rings (SSSR count). The van der Waals surface area contributed by atoms with Crippen molar-refractivity contribution < 1.29 is 9.72 Å². The van der Waals surface area contributed by atoms with Crippen molar-refractivity contribution in [3.63, 3.8) is 0 Å². The number of aryl methyl sites for hydroxylation is 1. The predicted octanol–water partition coefficient (Wildman–Crippen LogP) is 2.45. The van der Waals surface area contributed by atoms with Crippen LogP contribution >= 0.6 is 11.3 Å². The standard InChI is InChI=1S/C13H15N5O3S/c1-8-10(18(20)21)6-11(22-8)13(19)17-5-3-2-4-9(17)12-14-7-15-16-12/h6-7,9H,2-5H2,1H3,(H,14,15,16). The fourth-order valence-electron chi connectivity index (χ4n) is 2.74. The van der Waals surface area contributed by atoms with Gasteiger partial charge in [0, 0.05) is 12.6 Å². The number of H-pyrrole nitrogens is 1. The monoisotopic (exact) mass is 321 g/mol. The Balaban J connectivity index is 1.89. The number of hydrogen-bond acceptors (Lipinski definition) is 6. The van der Waals surface area contributed by atoms with Crippen LogP contribution in [0.15, 0.2) is 12.4 Å². The molecule has 1 saturated heterocycles. The van der Waals surface area contributed by atoms with E-state index < -0.39 is 4.92 Å². The van der Waals surface area contributed by atoms with E-state index in [4.69, 9.17) is 0 Å². The van der Waals surface area contributed by atoms with E-state index in [0.29, 0.717) is 22.1 Å². The molecule has 3 heterocycles. The Bertz CT molecular complexity index is 697. The lowest BCUT2D eigenvalue weighted by atomic mass is 10.0. The smallest absolute Gasteiger partial charge is 0.283 e. The normalized spacial score (nSPS) is 18.4. The minimum Gasteiger partial charge on any atom is -0.328 e. The minimum atomic E-state index is -0.452. The summed E-state index contributed by atoms with van der Waals surface area (Å²) >= 11 is 1.16. The second kappa shape index (κ2) is 5.84. The highest BCUT2D eigenvalue weighted by Gasteiger charge is 2.32. The van der Waals surface area contributed by atoms with Crippen LogP contribution in [0.25, 0.3) is 0 Å². The van der Waals surface area contributed by atoms with Crippen molar-refractivity contribution in [2.24, 2.45) is 0 Å². The van der Waals surface area contributed by atoms with Crippen molar-refractivity contribution >= 4 is 22.9 Å². The third-order valence-electron chi connectivity index (χ3n) is 3.81. The number of carbonyl (C=O) groups excluding carboxylic acids is 1. The number of aromatic nitrogens is 3. The Morgan fingerprint density at radius 2 is 2.36 bits per heavy atom. The van der Waals surface area contributed by atoms with Crippen LogP contribution in [0.1, 0.15) is 45.7 Å². The Morgan fingerprint density at radius 1 is 1.55 bits per heavy atom. The Morgan fingerprint density at radius 3 is 3.00 bits per heavy atom. The summed E-state index contributed by atoms with van der Waals surface area (Å²) in [5.74, 6) is 0.484. The van der Waals surface area contributed by atoms with Gasteiger partial charge in [0.25, 0.3) is 11.6 Å². The number of nitro groups is 1. The van der Waals surface area contributed by atoms with Crippen LogP contribution in [-0.2, 0) is 0 Å². The third-order valence-corrected chi connectivity index (χ3v) is 4.84. The lowest BCUT2D eigenvalue weighted by Crippen LogP contribution is -2.38. The first-order chi connectivity index (χ1) is 10.6. The fraction of sp³-hybridized carbons (Fsp3) is 0.462. The zero-order valence-corrected chi connectivity index (χ0v) is 12.8. The molecule has 1 N–H and O–H groups in total. The van der Waals surface area contributed by atoms with Gasteiger partial charge >= 0.3 is 0 Å². The van der Waals surface area contributed by atoms with Gasteiger partial charge in [0.1, 0.15) is 12.2 Å². The van der Waals surface area contributed by atoms with Crippen LogP contribution < -0.4 is 0 Å². The number of hydrogen-bond donors (Lipinski definition) is 1. The second-order valence-corrected chi connectivity index (χ2v) is 6.45. The first-order valence-corrected chi connectivity index (χ1v) is 7.80. The average Bonchev–Trinajstić information content (AvgIpc) is 3.15. The van der Waals surface area contributed by atoms with Crippen LogP contribution in [0.4, 0.5) is 5.69 Å². The molecule has 0 aromatic carbocycles. The van der Waals surface area contributed by atoms with Gasteiger partial charge < -0.3 is 4.90 Å². The summed E-state index contributed by atoms with van der Waals surface area (Å²) in [5.41, 5.74) is 0.00146. The van der Waals surface area contributed by atoms with Crippen LogP contribution in [0.2, 0.25) is 0 Å². The molecule has 22 heavy (non-hydrogen) atoms. The number of nitrogens with one attached hydrogen (secondary N) is 1. The molecule has 1 amide bonds. The van der Waals surface area contributed by atoms with E-state index in [0.717, 1.165) is 30.6 Å². The lowest BCUT2D eigenvalue weighted by molar-refractivity contribution is -0.385. The summed E-state index contributed by atoms with van der Waals surface area (Å²) in [5, 5.41) is 17.6. The highest BCUT2D eigenvalue weighted by molar-refractivity contribution is 7.14. The van der Waals surface area contributed by atoms with Crippen LogP contribution in [0, 0.1) is 17.0 Å². The Kier molecular flexibility index (Phi) is 3.88. The lowest BCUT2D eigenvalue weighted by Gasteiger charge is -2.33. The van der Waals surface area contributed by atoms with Crippen molar-refractivity contribution in [2.75, 3.05) is 6.54 Å². The zero-order valence-electron chi connectivity index (χ0n) is 12.0. The molecule has 9 heteroatoms. The number of likely N-dealkylation sites (tertiary alicyclic amines) is 1. The fourth-order valence-corrected chi connectivity index (χ4v) is 3.68. The molecule has 0 spiro atoms. The van der Waals surface area contributed by atoms with Gasteiger partial charge in [0.15, 0.2) is 0 Å². The van der Waals surface area contributed by atoms with Crippen LogP contribution in [0.3, 0.4) is 0 Å². The molecule has 116 valence electrons. The van der Waals surface area contributed by atoms with E-state index in [2.05, 4.69) is 15.2 Å². The number of thiophene rings is 1. The number of nitrogens with zero attached hydrogens (tertiary/aromatic N) is 4. The van der Waals surface area contributed by atoms with Gasteiger partial charge in [-0.15, -0.1) is 11.3 Å². The highest BCUT2D eigenvalue weighted by Crippen LogP contribution is 2.34. The minimum absolute atomic E-state index is 0.00146. The van der Waals surface area contributed by atoms with Crippen molar-refractivity contribution in [3.8, 4) is 0 Å². The van der Waals surface area contributed by atoms with Gasteiger partial charge in [-0.2, -0.15) is 5.10 Å².